The molecule has 1 aliphatic rings. The van der Waals surface area contributed by atoms with E-state index in [1.165, 1.54) is 12.5 Å². The Morgan fingerprint density at radius 3 is 2.65 bits per heavy atom. The lowest BCUT2D eigenvalue weighted by atomic mass is 10.1. The molecule has 0 N–H and O–H groups in total. The number of carbonyl (C=O) groups is 2. The van der Waals surface area contributed by atoms with Crippen molar-refractivity contribution in [3.8, 4) is 5.75 Å². The van der Waals surface area contributed by atoms with Crippen LogP contribution < -0.4 is 4.74 Å². The molecule has 2 rings (SSSR count). The van der Waals surface area contributed by atoms with Crippen LogP contribution in [0.5, 0.6) is 5.75 Å². The standard InChI is InChI=1S/C15H18ClNO3/c1-11(15(19)17-7-3-2-4-8-17)20-14-6-5-12(10-18)9-13(14)16/h5-6,9-11H,2-4,7-8H2,1H3. The first-order valence-electron chi connectivity index (χ1n) is 6.82. The summed E-state index contributed by atoms with van der Waals surface area (Å²) >= 11 is 6.03. The lowest BCUT2D eigenvalue weighted by Gasteiger charge is -2.29. The summed E-state index contributed by atoms with van der Waals surface area (Å²) in [6, 6.07) is 4.76. The van der Waals surface area contributed by atoms with Crippen molar-refractivity contribution in [1.29, 1.82) is 0 Å². The average molecular weight is 296 g/mol. The Kier molecular flexibility index (Phi) is 5.01. The fourth-order valence-corrected chi connectivity index (χ4v) is 2.53. The van der Waals surface area contributed by atoms with Gasteiger partial charge in [0, 0.05) is 18.7 Å². The summed E-state index contributed by atoms with van der Waals surface area (Å²) in [7, 11) is 0. The number of ether oxygens (including phenoxy) is 1. The molecule has 1 amide bonds. The summed E-state index contributed by atoms with van der Waals surface area (Å²) in [5.41, 5.74) is 0.484. The number of halogens is 1. The minimum absolute atomic E-state index is 0.0137. The largest absolute Gasteiger partial charge is 0.479 e. The Hall–Kier alpha value is -1.55. The van der Waals surface area contributed by atoms with Crippen LogP contribution in [0, 0.1) is 0 Å². The zero-order valence-corrected chi connectivity index (χ0v) is 12.2. The van der Waals surface area contributed by atoms with Crippen LogP contribution in [0.1, 0.15) is 36.5 Å². The van der Waals surface area contributed by atoms with E-state index in [4.69, 9.17) is 16.3 Å². The van der Waals surface area contributed by atoms with Gasteiger partial charge in [-0.2, -0.15) is 0 Å². The second kappa shape index (κ2) is 6.75. The molecule has 4 nitrogen and oxygen atoms in total. The van der Waals surface area contributed by atoms with E-state index in [0.717, 1.165) is 32.2 Å². The zero-order valence-electron chi connectivity index (χ0n) is 11.5. The first-order valence-corrected chi connectivity index (χ1v) is 7.20. The fraction of sp³-hybridized carbons (Fsp3) is 0.467. The number of nitrogens with zero attached hydrogens (tertiary/aromatic N) is 1. The molecular weight excluding hydrogens is 278 g/mol. The Labute approximate surface area is 123 Å². The van der Waals surface area contributed by atoms with E-state index in [0.29, 0.717) is 16.3 Å². The van der Waals surface area contributed by atoms with Gasteiger partial charge < -0.3 is 9.64 Å². The van der Waals surface area contributed by atoms with Crippen LogP contribution in [0.4, 0.5) is 0 Å². The van der Waals surface area contributed by atoms with Gasteiger partial charge in [-0.1, -0.05) is 11.6 Å². The van der Waals surface area contributed by atoms with Gasteiger partial charge in [0.05, 0.1) is 5.02 Å². The molecule has 1 fully saturated rings. The number of amides is 1. The molecule has 0 radical (unpaired) electrons. The van der Waals surface area contributed by atoms with Crippen molar-refractivity contribution in [2.24, 2.45) is 0 Å². The third-order valence-corrected chi connectivity index (χ3v) is 3.71. The second-order valence-corrected chi connectivity index (χ2v) is 5.36. The molecule has 0 aromatic heterocycles. The maximum absolute atomic E-state index is 12.2. The number of rotatable bonds is 4. The summed E-state index contributed by atoms with van der Waals surface area (Å²) in [6.07, 6.45) is 3.42. The second-order valence-electron chi connectivity index (χ2n) is 4.95. The van der Waals surface area contributed by atoms with Gasteiger partial charge in [0.15, 0.2) is 6.10 Å². The van der Waals surface area contributed by atoms with Crippen molar-refractivity contribution in [3.63, 3.8) is 0 Å². The first-order chi connectivity index (χ1) is 9.61. The molecule has 1 saturated heterocycles. The van der Waals surface area contributed by atoms with Crippen molar-refractivity contribution in [1.82, 2.24) is 4.90 Å². The van der Waals surface area contributed by atoms with Gasteiger partial charge in [-0.3, -0.25) is 9.59 Å². The summed E-state index contributed by atoms with van der Waals surface area (Å²) in [5, 5.41) is 0.341. The zero-order chi connectivity index (χ0) is 14.5. The van der Waals surface area contributed by atoms with Gasteiger partial charge in [0.2, 0.25) is 0 Å². The maximum Gasteiger partial charge on any atom is 0.263 e. The summed E-state index contributed by atoms with van der Waals surface area (Å²) < 4.78 is 5.62. The highest BCUT2D eigenvalue weighted by Crippen LogP contribution is 2.26. The van der Waals surface area contributed by atoms with Crippen LogP contribution in [-0.4, -0.2) is 36.3 Å². The lowest BCUT2D eigenvalue weighted by Crippen LogP contribution is -2.43. The molecule has 0 aliphatic carbocycles. The highest BCUT2D eigenvalue weighted by molar-refractivity contribution is 6.32. The SMILES string of the molecule is CC(Oc1ccc(C=O)cc1Cl)C(=O)N1CCCCC1. The number of hydrogen-bond donors (Lipinski definition) is 0. The molecule has 0 saturated carbocycles. The quantitative estimate of drug-likeness (QED) is 0.802. The number of likely N-dealkylation sites (tertiary alicyclic amines) is 1. The Bertz CT molecular complexity index is 498. The van der Waals surface area contributed by atoms with Gasteiger partial charge in [-0.25, -0.2) is 0 Å². The van der Waals surface area contributed by atoms with E-state index in [1.807, 2.05) is 4.90 Å². The topological polar surface area (TPSA) is 46.6 Å². The number of carbonyl (C=O) groups excluding carboxylic acids is 2. The summed E-state index contributed by atoms with van der Waals surface area (Å²) in [4.78, 5) is 24.7. The van der Waals surface area contributed by atoms with Crippen LogP contribution >= 0.6 is 11.6 Å². The van der Waals surface area contributed by atoms with Gasteiger partial charge in [0.1, 0.15) is 12.0 Å². The van der Waals surface area contributed by atoms with Crippen LogP contribution in [0.2, 0.25) is 5.02 Å². The van der Waals surface area contributed by atoms with E-state index < -0.39 is 6.10 Å². The van der Waals surface area contributed by atoms with E-state index in [9.17, 15) is 9.59 Å². The summed E-state index contributed by atoms with van der Waals surface area (Å²) in [5.74, 6) is 0.412. The molecule has 0 bridgehead atoms. The fourth-order valence-electron chi connectivity index (χ4n) is 2.30. The average Bonchev–Trinajstić information content (AvgIpc) is 2.49. The molecule has 20 heavy (non-hydrogen) atoms. The van der Waals surface area contributed by atoms with Crippen LogP contribution in [0.3, 0.4) is 0 Å². The smallest absolute Gasteiger partial charge is 0.263 e. The van der Waals surface area contributed by atoms with Crippen LogP contribution in [-0.2, 0) is 4.79 Å². The molecule has 0 spiro atoms. The van der Waals surface area contributed by atoms with Crippen molar-refractivity contribution >= 4 is 23.8 Å². The number of hydrogen-bond acceptors (Lipinski definition) is 3. The molecule has 1 aromatic carbocycles. The molecule has 1 aromatic rings. The van der Waals surface area contributed by atoms with E-state index in [2.05, 4.69) is 0 Å². The number of benzene rings is 1. The summed E-state index contributed by atoms with van der Waals surface area (Å²) in [6.45, 7) is 3.32. The molecular formula is C15H18ClNO3. The maximum atomic E-state index is 12.2. The minimum atomic E-state index is -0.576. The molecule has 1 atom stereocenters. The minimum Gasteiger partial charge on any atom is -0.479 e. The third-order valence-electron chi connectivity index (χ3n) is 3.41. The van der Waals surface area contributed by atoms with Crippen LogP contribution in [0.15, 0.2) is 18.2 Å². The third kappa shape index (κ3) is 3.51. The van der Waals surface area contributed by atoms with E-state index >= 15 is 0 Å². The van der Waals surface area contributed by atoms with Crippen LogP contribution in [0.25, 0.3) is 0 Å². The highest BCUT2D eigenvalue weighted by atomic mass is 35.5. The lowest BCUT2D eigenvalue weighted by molar-refractivity contribution is -0.138. The highest BCUT2D eigenvalue weighted by Gasteiger charge is 2.23. The van der Waals surface area contributed by atoms with E-state index in [-0.39, 0.29) is 5.91 Å². The Morgan fingerprint density at radius 1 is 1.35 bits per heavy atom. The van der Waals surface area contributed by atoms with Gasteiger partial charge in [0.25, 0.3) is 5.91 Å². The monoisotopic (exact) mass is 295 g/mol. The predicted octanol–water partition coefficient (Wildman–Crippen LogP) is 2.93. The normalized spacial score (nSPS) is 16.6. The number of aldehydes is 1. The van der Waals surface area contributed by atoms with Crippen molar-refractivity contribution in [2.45, 2.75) is 32.3 Å². The van der Waals surface area contributed by atoms with Gasteiger partial charge in [-0.05, 0) is 44.4 Å². The van der Waals surface area contributed by atoms with Crippen molar-refractivity contribution in [2.75, 3.05) is 13.1 Å². The molecule has 1 heterocycles. The van der Waals surface area contributed by atoms with E-state index in [1.54, 1.807) is 19.1 Å². The molecule has 108 valence electrons. The van der Waals surface area contributed by atoms with Gasteiger partial charge >= 0.3 is 0 Å². The first kappa shape index (κ1) is 14.9. The van der Waals surface area contributed by atoms with Crippen molar-refractivity contribution in [3.05, 3.63) is 28.8 Å². The Morgan fingerprint density at radius 2 is 2.05 bits per heavy atom. The Balaban J connectivity index is 2.01. The molecule has 1 aliphatic heterocycles. The predicted molar refractivity (Wildman–Crippen MR) is 77.4 cm³/mol. The number of piperidine rings is 1. The van der Waals surface area contributed by atoms with Gasteiger partial charge in [-0.15, -0.1) is 0 Å². The molecule has 5 heteroatoms. The van der Waals surface area contributed by atoms with Crippen molar-refractivity contribution < 1.29 is 14.3 Å². The molecule has 1 unspecified atom stereocenters.